The fourth-order valence-corrected chi connectivity index (χ4v) is 1.56. The zero-order chi connectivity index (χ0) is 12.8. The Hall–Kier alpha value is -1.82. The van der Waals surface area contributed by atoms with Gasteiger partial charge in [0.05, 0.1) is 19.4 Å². The molecule has 1 aromatic heterocycles. The summed E-state index contributed by atoms with van der Waals surface area (Å²) in [6, 6.07) is 3.30. The van der Waals surface area contributed by atoms with Crippen molar-refractivity contribution in [1.82, 2.24) is 4.90 Å². The summed E-state index contributed by atoms with van der Waals surface area (Å²) < 4.78 is 5.14. The molecule has 0 fully saturated rings. The maximum absolute atomic E-state index is 10.6. The van der Waals surface area contributed by atoms with Gasteiger partial charge in [0.15, 0.2) is 0 Å². The predicted molar refractivity (Wildman–Crippen MR) is 58.7 cm³/mol. The highest BCUT2D eigenvalue weighted by Gasteiger charge is 2.20. The standard InChI is InChI=1S/C11H15NO5/c1-8(5-9-3-2-4-17-9)12(6-10(13)14)7-11(15)16/h2-4,8H,5-7H2,1H3,(H,13,14)(H,15,16). The van der Waals surface area contributed by atoms with E-state index >= 15 is 0 Å². The molecule has 1 atom stereocenters. The number of aliphatic carboxylic acids is 2. The second kappa shape index (κ2) is 6.05. The summed E-state index contributed by atoms with van der Waals surface area (Å²) in [6.45, 7) is 1.18. The molecule has 1 aromatic rings. The fourth-order valence-electron chi connectivity index (χ4n) is 1.56. The molecule has 0 saturated heterocycles. The zero-order valence-electron chi connectivity index (χ0n) is 9.50. The summed E-state index contributed by atoms with van der Waals surface area (Å²) in [7, 11) is 0. The van der Waals surface area contributed by atoms with Crippen molar-refractivity contribution < 1.29 is 24.2 Å². The van der Waals surface area contributed by atoms with E-state index in [4.69, 9.17) is 14.6 Å². The Kier molecular flexibility index (Phi) is 4.71. The van der Waals surface area contributed by atoms with Crippen molar-refractivity contribution in [2.75, 3.05) is 13.1 Å². The Morgan fingerprint density at radius 3 is 2.35 bits per heavy atom. The lowest BCUT2D eigenvalue weighted by molar-refractivity contribution is -0.142. The van der Waals surface area contributed by atoms with E-state index in [1.54, 1.807) is 19.1 Å². The van der Waals surface area contributed by atoms with Crippen molar-refractivity contribution >= 4 is 11.9 Å². The van der Waals surface area contributed by atoms with Gasteiger partial charge in [-0.05, 0) is 19.1 Å². The van der Waals surface area contributed by atoms with Gasteiger partial charge in [-0.2, -0.15) is 0 Å². The first-order valence-corrected chi connectivity index (χ1v) is 5.19. The maximum atomic E-state index is 10.6. The molecular weight excluding hydrogens is 226 g/mol. The number of rotatable bonds is 7. The lowest BCUT2D eigenvalue weighted by Crippen LogP contribution is -2.41. The first-order chi connectivity index (χ1) is 7.99. The number of hydrogen-bond acceptors (Lipinski definition) is 4. The van der Waals surface area contributed by atoms with Gasteiger partial charge < -0.3 is 14.6 Å². The smallest absolute Gasteiger partial charge is 0.317 e. The van der Waals surface area contributed by atoms with Gasteiger partial charge in [0.25, 0.3) is 0 Å². The number of nitrogens with zero attached hydrogens (tertiary/aromatic N) is 1. The SMILES string of the molecule is CC(Cc1ccco1)N(CC(=O)O)CC(=O)O. The molecule has 0 aliphatic rings. The van der Waals surface area contributed by atoms with Gasteiger partial charge in [-0.25, -0.2) is 0 Å². The topological polar surface area (TPSA) is 91.0 Å². The summed E-state index contributed by atoms with van der Waals surface area (Å²) in [6.07, 6.45) is 2.01. The van der Waals surface area contributed by atoms with Crippen LogP contribution in [0.1, 0.15) is 12.7 Å². The van der Waals surface area contributed by atoms with Crippen molar-refractivity contribution in [2.45, 2.75) is 19.4 Å². The van der Waals surface area contributed by atoms with E-state index in [9.17, 15) is 9.59 Å². The van der Waals surface area contributed by atoms with Crippen LogP contribution in [0.4, 0.5) is 0 Å². The van der Waals surface area contributed by atoms with Crippen molar-refractivity contribution in [1.29, 1.82) is 0 Å². The average molecular weight is 241 g/mol. The monoisotopic (exact) mass is 241 g/mol. The van der Waals surface area contributed by atoms with Crippen LogP contribution in [0.15, 0.2) is 22.8 Å². The fraction of sp³-hybridized carbons (Fsp3) is 0.455. The third-order valence-electron chi connectivity index (χ3n) is 2.38. The summed E-state index contributed by atoms with van der Waals surface area (Å²) in [4.78, 5) is 22.7. The molecule has 0 aliphatic heterocycles. The first-order valence-electron chi connectivity index (χ1n) is 5.19. The lowest BCUT2D eigenvalue weighted by atomic mass is 10.1. The van der Waals surface area contributed by atoms with Crippen LogP contribution in [0.3, 0.4) is 0 Å². The molecule has 17 heavy (non-hydrogen) atoms. The van der Waals surface area contributed by atoms with E-state index in [0.29, 0.717) is 12.2 Å². The predicted octanol–water partition coefficient (Wildman–Crippen LogP) is 0.682. The van der Waals surface area contributed by atoms with E-state index in [-0.39, 0.29) is 19.1 Å². The van der Waals surface area contributed by atoms with Crippen LogP contribution in [-0.4, -0.2) is 46.2 Å². The summed E-state index contributed by atoms with van der Waals surface area (Å²) in [5, 5.41) is 17.4. The lowest BCUT2D eigenvalue weighted by Gasteiger charge is -2.24. The molecule has 0 aromatic carbocycles. The van der Waals surface area contributed by atoms with Crippen LogP contribution in [-0.2, 0) is 16.0 Å². The molecule has 1 rings (SSSR count). The molecule has 0 saturated carbocycles. The Morgan fingerprint density at radius 2 is 1.94 bits per heavy atom. The minimum absolute atomic E-state index is 0.214. The summed E-state index contributed by atoms with van der Waals surface area (Å²) >= 11 is 0. The number of carboxylic acid groups (broad SMARTS) is 2. The largest absolute Gasteiger partial charge is 0.480 e. The second-order valence-electron chi connectivity index (χ2n) is 3.82. The average Bonchev–Trinajstić information content (AvgIpc) is 2.67. The van der Waals surface area contributed by atoms with Crippen LogP contribution < -0.4 is 0 Å². The highest BCUT2D eigenvalue weighted by Crippen LogP contribution is 2.09. The Labute approximate surface area is 98.5 Å². The highest BCUT2D eigenvalue weighted by molar-refractivity contribution is 5.72. The van der Waals surface area contributed by atoms with Crippen molar-refractivity contribution in [3.8, 4) is 0 Å². The van der Waals surface area contributed by atoms with Gasteiger partial charge in [0.2, 0.25) is 0 Å². The molecule has 0 spiro atoms. The molecule has 0 radical (unpaired) electrons. The molecule has 6 heteroatoms. The van der Waals surface area contributed by atoms with Crippen molar-refractivity contribution in [2.24, 2.45) is 0 Å². The van der Waals surface area contributed by atoms with Gasteiger partial charge in [0.1, 0.15) is 5.76 Å². The molecule has 0 amide bonds. The van der Waals surface area contributed by atoms with E-state index in [1.807, 2.05) is 0 Å². The molecule has 2 N–H and O–H groups in total. The van der Waals surface area contributed by atoms with Crippen LogP contribution in [0.25, 0.3) is 0 Å². The number of furan rings is 1. The number of carbonyl (C=O) groups is 2. The van der Waals surface area contributed by atoms with Crippen LogP contribution in [0.5, 0.6) is 0 Å². The van der Waals surface area contributed by atoms with E-state index in [0.717, 1.165) is 0 Å². The van der Waals surface area contributed by atoms with Crippen LogP contribution in [0.2, 0.25) is 0 Å². The number of hydrogen-bond donors (Lipinski definition) is 2. The maximum Gasteiger partial charge on any atom is 0.317 e. The van der Waals surface area contributed by atoms with Gasteiger partial charge in [-0.1, -0.05) is 0 Å². The van der Waals surface area contributed by atoms with Gasteiger partial charge in [0, 0.05) is 12.5 Å². The minimum atomic E-state index is -1.04. The molecule has 6 nitrogen and oxygen atoms in total. The van der Waals surface area contributed by atoms with Gasteiger partial charge in [-0.3, -0.25) is 14.5 Å². The zero-order valence-corrected chi connectivity index (χ0v) is 9.50. The minimum Gasteiger partial charge on any atom is -0.480 e. The van der Waals surface area contributed by atoms with Crippen molar-refractivity contribution in [3.63, 3.8) is 0 Å². The molecular formula is C11H15NO5. The quantitative estimate of drug-likeness (QED) is 0.729. The summed E-state index contributed by atoms with van der Waals surface area (Å²) in [5.41, 5.74) is 0. The Balaban J connectivity index is 2.61. The molecule has 1 unspecified atom stereocenters. The van der Waals surface area contributed by atoms with Crippen molar-refractivity contribution in [3.05, 3.63) is 24.2 Å². The highest BCUT2D eigenvalue weighted by atomic mass is 16.4. The molecule has 1 heterocycles. The first kappa shape index (κ1) is 13.2. The Bertz CT molecular complexity index is 357. The molecule has 0 aliphatic carbocycles. The van der Waals surface area contributed by atoms with Crippen LogP contribution >= 0.6 is 0 Å². The third kappa shape index (κ3) is 4.69. The Morgan fingerprint density at radius 1 is 1.35 bits per heavy atom. The molecule has 0 bridgehead atoms. The second-order valence-corrected chi connectivity index (χ2v) is 3.82. The van der Waals surface area contributed by atoms with Crippen LogP contribution in [0, 0.1) is 0 Å². The van der Waals surface area contributed by atoms with Gasteiger partial charge >= 0.3 is 11.9 Å². The molecule has 94 valence electrons. The van der Waals surface area contributed by atoms with Gasteiger partial charge in [-0.15, -0.1) is 0 Å². The van der Waals surface area contributed by atoms with E-state index in [2.05, 4.69) is 0 Å². The van der Waals surface area contributed by atoms with E-state index < -0.39 is 11.9 Å². The van der Waals surface area contributed by atoms with E-state index in [1.165, 1.54) is 11.2 Å². The summed E-state index contributed by atoms with van der Waals surface area (Å²) in [5.74, 6) is -1.38. The third-order valence-corrected chi connectivity index (χ3v) is 2.38. The number of carboxylic acids is 2. The normalized spacial score (nSPS) is 12.6.